The van der Waals surface area contributed by atoms with Crippen molar-refractivity contribution < 1.29 is 19.1 Å². The van der Waals surface area contributed by atoms with E-state index in [4.69, 9.17) is 9.47 Å². The van der Waals surface area contributed by atoms with Crippen molar-refractivity contribution in [3.8, 4) is 0 Å². The molecule has 0 saturated heterocycles. The number of carbonyl (C=O) groups excluding carboxylic acids is 2. The zero-order valence-electron chi connectivity index (χ0n) is 39.6. The van der Waals surface area contributed by atoms with Gasteiger partial charge in [-0.25, -0.2) is 4.79 Å². The number of carbonyl (C=O) groups is 2. The molecule has 0 aliphatic carbocycles. The second-order valence-electron chi connectivity index (χ2n) is 17.7. The van der Waals surface area contributed by atoms with E-state index in [9.17, 15) is 9.59 Å². The maximum absolute atomic E-state index is 12.6. The minimum absolute atomic E-state index is 0.0139. The number of ether oxygens (including phenoxy) is 2. The summed E-state index contributed by atoms with van der Waals surface area (Å²) in [6.07, 6.45) is 55.2. The van der Waals surface area contributed by atoms with Crippen LogP contribution in [0.1, 0.15) is 258 Å². The Balaban J connectivity index is 4.25. The zero-order chi connectivity index (χ0) is 42.4. The molecule has 0 aromatic rings. The van der Waals surface area contributed by atoms with Crippen LogP contribution in [0.3, 0.4) is 0 Å². The molecule has 340 valence electrons. The molecule has 0 fully saturated rings. The molecular weight excluding hydrogens is 715 g/mol. The molecule has 0 heterocycles. The van der Waals surface area contributed by atoms with Crippen molar-refractivity contribution in [1.82, 2.24) is 4.90 Å². The van der Waals surface area contributed by atoms with Gasteiger partial charge in [0, 0.05) is 12.5 Å². The summed E-state index contributed by atoms with van der Waals surface area (Å²) in [7, 11) is 4.11. The van der Waals surface area contributed by atoms with E-state index in [1.807, 2.05) is 6.08 Å². The molecule has 0 bridgehead atoms. The molecule has 0 aliphatic rings. The zero-order valence-corrected chi connectivity index (χ0v) is 39.6. The van der Waals surface area contributed by atoms with Gasteiger partial charge in [-0.05, 0) is 117 Å². The average Bonchev–Trinajstić information content (AvgIpc) is 3.20. The number of allylic oxidation sites excluding steroid dienone is 5. The normalized spacial score (nSPS) is 12.7. The Bertz CT molecular complexity index is 969. The molecule has 5 nitrogen and oxygen atoms in total. The number of hydrogen-bond donors (Lipinski definition) is 0. The van der Waals surface area contributed by atoms with Crippen molar-refractivity contribution in [3.63, 3.8) is 0 Å². The van der Waals surface area contributed by atoms with Crippen molar-refractivity contribution in [3.05, 3.63) is 36.0 Å². The summed E-state index contributed by atoms with van der Waals surface area (Å²) in [5.41, 5.74) is 1.30. The molecule has 1 atom stereocenters. The number of esters is 2. The molecule has 0 radical (unpaired) electrons. The van der Waals surface area contributed by atoms with Crippen LogP contribution in [0.2, 0.25) is 0 Å². The Morgan fingerprint density at radius 3 is 1.43 bits per heavy atom. The molecule has 0 aromatic carbocycles. The van der Waals surface area contributed by atoms with Crippen LogP contribution in [-0.2, 0) is 19.1 Å². The van der Waals surface area contributed by atoms with Crippen LogP contribution < -0.4 is 0 Å². The molecule has 0 saturated carbocycles. The van der Waals surface area contributed by atoms with E-state index >= 15 is 0 Å². The third kappa shape index (κ3) is 43.7. The molecule has 5 heteroatoms. The van der Waals surface area contributed by atoms with E-state index in [0.29, 0.717) is 13.0 Å². The average molecular weight is 814 g/mol. The van der Waals surface area contributed by atoms with Crippen molar-refractivity contribution in [2.24, 2.45) is 0 Å². The lowest BCUT2D eigenvalue weighted by Gasteiger charge is -2.18. The number of nitrogens with zero attached hydrogens (tertiary/aromatic N) is 1. The van der Waals surface area contributed by atoms with E-state index in [1.165, 1.54) is 173 Å². The van der Waals surface area contributed by atoms with Crippen molar-refractivity contribution in [2.75, 3.05) is 27.2 Å². The first-order chi connectivity index (χ1) is 28.4. The maximum Gasteiger partial charge on any atom is 0.330 e. The lowest BCUT2D eigenvalue weighted by molar-refractivity contribution is -0.150. The van der Waals surface area contributed by atoms with Gasteiger partial charge in [0.05, 0.1) is 6.61 Å². The monoisotopic (exact) mass is 814 g/mol. The van der Waals surface area contributed by atoms with Crippen LogP contribution in [-0.4, -0.2) is 50.2 Å². The standard InChI is InChI=1S/C53H99NO4/c1-6-9-12-15-17-18-19-20-21-22-23-24-25-28-33-38-44-51(58-52(55)46-41-47-54(4)5)45-39-34-29-26-27-30-35-40-48-57-53(56)49-50(42-36-31-14-11-8-3)43-37-32-16-13-10-7-2/h17-18,20-21,49,51H,6-16,19,22-48H2,1-5H3/b18-17-,21-20-,50-49+. The number of unbranched alkanes of at least 4 members (excludes halogenated alkanes) is 25. The SMILES string of the molecule is CCCCC/C=C\C/C=C\CCCCCCCCC(CCCCCCCCCCOC(=O)/C=C(\CCCCCCC)CCCCCCCC)OC(=O)CCCN(C)C. The molecule has 0 amide bonds. The Morgan fingerprint density at radius 2 is 0.914 bits per heavy atom. The highest BCUT2D eigenvalue weighted by atomic mass is 16.5. The fourth-order valence-electron chi connectivity index (χ4n) is 7.68. The Hall–Kier alpha value is -1.88. The van der Waals surface area contributed by atoms with Gasteiger partial charge < -0.3 is 14.4 Å². The summed E-state index contributed by atoms with van der Waals surface area (Å²) in [5.74, 6) is -0.141. The summed E-state index contributed by atoms with van der Waals surface area (Å²) in [5, 5.41) is 0. The first-order valence-electron chi connectivity index (χ1n) is 25.4. The van der Waals surface area contributed by atoms with Crippen LogP contribution in [0.5, 0.6) is 0 Å². The summed E-state index contributed by atoms with van der Waals surface area (Å²) in [4.78, 5) is 27.4. The number of hydrogen-bond acceptors (Lipinski definition) is 5. The molecule has 1 unspecified atom stereocenters. The van der Waals surface area contributed by atoms with Gasteiger partial charge in [0.25, 0.3) is 0 Å². The Labute approximate surface area is 362 Å². The molecule has 0 aliphatic heterocycles. The van der Waals surface area contributed by atoms with E-state index in [-0.39, 0.29) is 18.0 Å². The summed E-state index contributed by atoms with van der Waals surface area (Å²) >= 11 is 0. The van der Waals surface area contributed by atoms with E-state index in [2.05, 4.69) is 64.1 Å². The first-order valence-corrected chi connectivity index (χ1v) is 25.4. The smallest absolute Gasteiger partial charge is 0.330 e. The van der Waals surface area contributed by atoms with Gasteiger partial charge >= 0.3 is 11.9 Å². The van der Waals surface area contributed by atoms with Gasteiger partial charge in [-0.1, -0.05) is 185 Å². The van der Waals surface area contributed by atoms with Gasteiger partial charge in [0.1, 0.15) is 6.10 Å². The Morgan fingerprint density at radius 1 is 0.483 bits per heavy atom. The van der Waals surface area contributed by atoms with Gasteiger partial charge in [-0.3, -0.25) is 4.79 Å². The number of rotatable bonds is 45. The van der Waals surface area contributed by atoms with Crippen molar-refractivity contribution >= 4 is 11.9 Å². The van der Waals surface area contributed by atoms with Crippen LogP contribution >= 0.6 is 0 Å². The highest BCUT2D eigenvalue weighted by molar-refractivity contribution is 5.82. The largest absolute Gasteiger partial charge is 0.463 e. The van der Waals surface area contributed by atoms with E-state index in [1.54, 1.807) is 0 Å². The Kier molecular flexibility index (Phi) is 44.7. The first kappa shape index (κ1) is 56.1. The molecule has 0 N–H and O–H groups in total. The second kappa shape index (κ2) is 46.2. The maximum atomic E-state index is 12.6. The highest BCUT2D eigenvalue weighted by Crippen LogP contribution is 2.20. The second-order valence-corrected chi connectivity index (χ2v) is 17.7. The lowest BCUT2D eigenvalue weighted by Crippen LogP contribution is -2.20. The van der Waals surface area contributed by atoms with Crippen LogP contribution in [0.4, 0.5) is 0 Å². The minimum Gasteiger partial charge on any atom is -0.463 e. The van der Waals surface area contributed by atoms with Crippen LogP contribution in [0.15, 0.2) is 36.0 Å². The van der Waals surface area contributed by atoms with E-state index in [0.717, 1.165) is 70.8 Å². The third-order valence-electron chi connectivity index (χ3n) is 11.5. The molecule has 0 spiro atoms. The predicted molar refractivity (Wildman–Crippen MR) is 254 cm³/mol. The highest BCUT2D eigenvalue weighted by Gasteiger charge is 2.14. The summed E-state index contributed by atoms with van der Waals surface area (Å²) in [6, 6.07) is 0. The van der Waals surface area contributed by atoms with Gasteiger partial charge in [-0.15, -0.1) is 0 Å². The quantitative estimate of drug-likeness (QED) is 0.0265. The molecule has 0 aromatic heterocycles. The van der Waals surface area contributed by atoms with Gasteiger partial charge in [0.2, 0.25) is 0 Å². The van der Waals surface area contributed by atoms with Gasteiger partial charge in [0.15, 0.2) is 0 Å². The predicted octanol–water partition coefficient (Wildman–Crippen LogP) is 16.5. The van der Waals surface area contributed by atoms with Gasteiger partial charge in [-0.2, -0.15) is 0 Å². The minimum atomic E-state index is -0.127. The fraction of sp³-hybridized carbons (Fsp3) is 0.849. The molecular formula is C53H99NO4. The van der Waals surface area contributed by atoms with Crippen LogP contribution in [0.25, 0.3) is 0 Å². The molecule has 58 heavy (non-hydrogen) atoms. The van der Waals surface area contributed by atoms with Crippen LogP contribution in [0, 0.1) is 0 Å². The summed E-state index contributed by atoms with van der Waals surface area (Å²) < 4.78 is 11.7. The van der Waals surface area contributed by atoms with E-state index < -0.39 is 0 Å². The molecule has 0 rings (SSSR count). The topological polar surface area (TPSA) is 55.8 Å². The fourth-order valence-corrected chi connectivity index (χ4v) is 7.68. The van der Waals surface area contributed by atoms with Crippen molar-refractivity contribution in [2.45, 2.75) is 264 Å². The third-order valence-corrected chi connectivity index (χ3v) is 11.5. The summed E-state index contributed by atoms with van der Waals surface area (Å²) in [6.45, 7) is 8.25. The van der Waals surface area contributed by atoms with Crippen molar-refractivity contribution in [1.29, 1.82) is 0 Å². The lowest BCUT2D eigenvalue weighted by atomic mass is 9.99.